The largest absolute Gasteiger partial charge is 0.389 e. The van der Waals surface area contributed by atoms with Gasteiger partial charge in [-0.2, -0.15) is 0 Å². The molecule has 0 aromatic rings. The van der Waals surface area contributed by atoms with E-state index in [1.165, 1.54) is 25.0 Å². The summed E-state index contributed by atoms with van der Waals surface area (Å²) in [5.74, 6) is 0. The summed E-state index contributed by atoms with van der Waals surface area (Å²) < 4.78 is 0. The summed E-state index contributed by atoms with van der Waals surface area (Å²) in [5, 5.41) is 3.33. The lowest BCUT2D eigenvalue weighted by Crippen LogP contribution is -2.11. The highest BCUT2D eigenvalue weighted by Crippen LogP contribution is 2.02. The molecule has 0 aliphatic heterocycles. The molecule has 0 atom stereocenters. The van der Waals surface area contributed by atoms with Gasteiger partial charge in [0.1, 0.15) is 0 Å². The van der Waals surface area contributed by atoms with Gasteiger partial charge in [-0.25, -0.2) is 0 Å². The van der Waals surface area contributed by atoms with Gasteiger partial charge in [0.25, 0.3) is 0 Å². The molecule has 0 aliphatic rings. The first-order chi connectivity index (χ1) is 4.85. The zero-order chi connectivity index (χ0) is 7.82. The minimum Gasteiger partial charge on any atom is -0.389 e. The predicted octanol–water partition coefficient (Wildman–Crippen LogP) is 2.69. The van der Waals surface area contributed by atoms with Gasteiger partial charge in [0, 0.05) is 12.2 Å². The van der Waals surface area contributed by atoms with Gasteiger partial charge in [-0.1, -0.05) is 19.4 Å². The normalized spacial score (nSPS) is 11.7. The molecule has 1 N–H and O–H groups in total. The van der Waals surface area contributed by atoms with Gasteiger partial charge in [0.05, 0.1) is 0 Å². The lowest BCUT2D eigenvalue weighted by molar-refractivity contribution is 0.714. The summed E-state index contributed by atoms with van der Waals surface area (Å²) in [5.41, 5.74) is 1.39. The van der Waals surface area contributed by atoms with Crippen molar-refractivity contribution in [3.8, 4) is 0 Å². The van der Waals surface area contributed by atoms with Crippen LogP contribution in [-0.2, 0) is 0 Å². The third kappa shape index (κ3) is 4.42. The molecule has 0 aromatic carbocycles. The summed E-state index contributed by atoms with van der Waals surface area (Å²) in [6, 6.07) is 0. The number of unbranched alkanes of at least 4 members (excludes halogenated alkanes) is 1. The van der Waals surface area contributed by atoms with Crippen LogP contribution in [0.5, 0.6) is 0 Å². The maximum Gasteiger partial charge on any atom is 0.0115 e. The standard InChI is InChI=1S/C9H19N/c1-4-7-8-9(5-2)10-6-3/h5,10H,4,6-8H2,1-3H3/b9-5-. The van der Waals surface area contributed by atoms with E-state index in [-0.39, 0.29) is 0 Å². The first-order valence-corrected chi connectivity index (χ1v) is 4.24. The molecule has 60 valence electrons. The molecular formula is C9H19N. The molecule has 0 saturated carbocycles. The molecule has 0 aromatic heterocycles. The van der Waals surface area contributed by atoms with Gasteiger partial charge >= 0.3 is 0 Å². The van der Waals surface area contributed by atoms with E-state index in [4.69, 9.17) is 0 Å². The fourth-order valence-corrected chi connectivity index (χ4v) is 0.929. The van der Waals surface area contributed by atoms with E-state index in [1.807, 2.05) is 0 Å². The third-order valence-electron chi connectivity index (χ3n) is 1.55. The van der Waals surface area contributed by atoms with Crippen molar-refractivity contribution in [2.75, 3.05) is 6.54 Å². The molecule has 0 aliphatic carbocycles. The smallest absolute Gasteiger partial charge is 0.0115 e. The van der Waals surface area contributed by atoms with Crippen molar-refractivity contribution in [2.24, 2.45) is 0 Å². The molecule has 0 bridgehead atoms. The number of allylic oxidation sites excluding steroid dienone is 2. The lowest BCUT2D eigenvalue weighted by atomic mass is 10.2. The molecule has 0 amide bonds. The maximum atomic E-state index is 3.33. The second kappa shape index (κ2) is 6.66. The van der Waals surface area contributed by atoms with Crippen LogP contribution in [0, 0.1) is 0 Å². The van der Waals surface area contributed by atoms with Crippen molar-refractivity contribution in [1.82, 2.24) is 5.32 Å². The molecule has 1 nitrogen and oxygen atoms in total. The molecule has 0 spiro atoms. The average molecular weight is 141 g/mol. The van der Waals surface area contributed by atoms with Crippen molar-refractivity contribution < 1.29 is 0 Å². The van der Waals surface area contributed by atoms with Gasteiger partial charge in [0.15, 0.2) is 0 Å². The average Bonchev–Trinajstić information content (AvgIpc) is 1.98. The van der Waals surface area contributed by atoms with E-state index in [9.17, 15) is 0 Å². The number of nitrogens with one attached hydrogen (secondary N) is 1. The van der Waals surface area contributed by atoms with E-state index >= 15 is 0 Å². The van der Waals surface area contributed by atoms with E-state index in [0.29, 0.717) is 0 Å². The van der Waals surface area contributed by atoms with Crippen LogP contribution >= 0.6 is 0 Å². The van der Waals surface area contributed by atoms with Crippen LogP contribution in [0.2, 0.25) is 0 Å². The van der Waals surface area contributed by atoms with E-state index < -0.39 is 0 Å². The van der Waals surface area contributed by atoms with Gasteiger partial charge in [-0.15, -0.1) is 0 Å². The molecule has 0 fully saturated rings. The van der Waals surface area contributed by atoms with Crippen molar-refractivity contribution in [3.63, 3.8) is 0 Å². The summed E-state index contributed by atoms with van der Waals surface area (Å²) in [6.07, 6.45) is 5.95. The fraction of sp³-hybridized carbons (Fsp3) is 0.778. The first kappa shape index (κ1) is 9.54. The van der Waals surface area contributed by atoms with Gasteiger partial charge < -0.3 is 5.32 Å². The molecular weight excluding hydrogens is 122 g/mol. The van der Waals surface area contributed by atoms with Gasteiger partial charge in [0.2, 0.25) is 0 Å². The third-order valence-corrected chi connectivity index (χ3v) is 1.55. The molecule has 10 heavy (non-hydrogen) atoms. The molecule has 0 saturated heterocycles. The Morgan fingerprint density at radius 2 is 2.10 bits per heavy atom. The molecule has 1 heteroatoms. The Hall–Kier alpha value is -0.460. The van der Waals surface area contributed by atoms with Crippen molar-refractivity contribution in [2.45, 2.75) is 40.0 Å². The summed E-state index contributed by atoms with van der Waals surface area (Å²) in [6.45, 7) is 7.49. The van der Waals surface area contributed by atoms with Gasteiger partial charge in [-0.3, -0.25) is 0 Å². The SMILES string of the molecule is C/C=C(/CCCC)NCC. The van der Waals surface area contributed by atoms with Crippen molar-refractivity contribution >= 4 is 0 Å². The topological polar surface area (TPSA) is 12.0 Å². The van der Waals surface area contributed by atoms with E-state index in [0.717, 1.165) is 6.54 Å². The Balaban J connectivity index is 3.41. The summed E-state index contributed by atoms with van der Waals surface area (Å²) in [4.78, 5) is 0. The summed E-state index contributed by atoms with van der Waals surface area (Å²) >= 11 is 0. The van der Waals surface area contributed by atoms with Crippen molar-refractivity contribution in [1.29, 1.82) is 0 Å². The van der Waals surface area contributed by atoms with Crippen LogP contribution in [0.15, 0.2) is 11.8 Å². The zero-order valence-corrected chi connectivity index (χ0v) is 7.41. The molecule has 0 heterocycles. The highest BCUT2D eigenvalue weighted by atomic mass is 14.9. The second-order valence-electron chi connectivity index (χ2n) is 2.45. The van der Waals surface area contributed by atoms with E-state index in [2.05, 4.69) is 32.2 Å². The van der Waals surface area contributed by atoms with Gasteiger partial charge in [-0.05, 0) is 26.7 Å². The molecule has 0 unspecified atom stereocenters. The minimum atomic E-state index is 1.05. The Kier molecular flexibility index (Phi) is 6.35. The van der Waals surface area contributed by atoms with Crippen LogP contribution in [0.3, 0.4) is 0 Å². The Morgan fingerprint density at radius 3 is 2.50 bits per heavy atom. The van der Waals surface area contributed by atoms with Crippen LogP contribution < -0.4 is 5.32 Å². The van der Waals surface area contributed by atoms with Crippen LogP contribution in [0.25, 0.3) is 0 Å². The monoisotopic (exact) mass is 141 g/mol. The van der Waals surface area contributed by atoms with E-state index in [1.54, 1.807) is 0 Å². The Labute approximate surface area is 64.5 Å². The molecule has 0 rings (SSSR count). The second-order valence-corrected chi connectivity index (χ2v) is 2.45. The fourth-order valence-electron chi connectivity index (χ4n) is 0.929. The Morgan fingerprint density at radius 1 is 1.40 bits per heavy atom. The van der Waals surface area contributed by atoms with Crippen LogP contribution in [0.1, 0.15) is 40.0 Å². The molecule has 0 radical (unpaired) electrons. The van der Waals surface area contributed by atoms with Crippen LogP contribution in [-0.4, -0.2) is 6.54 Å². The lowest BCUT2D eigenvalue weighted by Gasteiger charge is -2.06. The zero-order valence-electron chi connectivity index (χ0n) is 7.41. The Bertz CT molecular complexity index is 94.9. The number of rotatable bonds is 5. The minimum absolute atomic E-state index is 1.05. The van der Waals surface area contributed by atoms with Crippen LogP contribution in [0.4, 0.5) is 0 Å². The van der Waals surface area contributed by atoms with Crippen molar-refractivity contribution in [3.05, 3.63) is 11.8 Å². The quantitative estimate of drug-likeness (QED) is 0.620. The number of hydrogen-bond acceptors (Lipinski definition) is 1. The predicted molar refractivity (Wildman–Crippen MR) is 47.0 cm³/mol. The number of hydrogen-bond donors (Lipinski definition) is 1. The maximum absolute atomic E-state index is 3.33. The highest BCUT2D eigenvalue weighted by Gasteiger charge is 1.90. The highest BCUT2D eigenvalue weighted by molar-refractivity contribution is 4.96. The first-order valence-electron chi connectivity index (χ1n) is 4.24. The summed E-state index contributed by atoms with van der Waals surface area (Å²) in [7, 11) is 0.